The molecule has 0 amide bonds. The van der Waals surface area contributed by atoms with Crippen molar-refractivity contribution in [1.82, 2.24) is 0 Å². The van der Waals surface area contributed by atoms with Crippen molar-refractivity contribution < 1.29 is 0 Å². The summed E-state index contributed by atoms with van der Waals surface area (Å²) in [4.78, 5) is 0. The Morgan fingerprint density at radius 3 is 2.18 bits per heavy atom. The van der Waals surface area contributed by atoms with Crippen LogP contribution in [0, 0.1) is 0 Å². The average Bonchev–Trinajstić information content (AvgIpc) is 1.94. The molecule has 0 saturated heterocycles. The van der Waals surface area contributed by atoms with E-state index in [-0.39, 0.29) is 0 Å². The second-order valence-corrected chi connectivity index (χ2v) is 3.44. The van der Waals surface area contributed by atoms with Crippen LogP contribution in [0.2, 0.25) is 10.0 Å². The van der Waals surface area contributed by atoms with E-state index in [0.717, 1.165) is 3.94 Å². The Hall–Kier alpha value is 0.180. The van der Waals surface area contributed by atoms with E-state index in [2.05, 4.69) is 0 Å². The molecular weight excluding hydrogens is 228 g/mol. The molecule has 1 rings (SSSR count). The molecule has 0 radical (unpaired) electrons. The summed E-state index contributed by atoms with van der Waals surface area (Å²) >= 11 is 22.3. The number of hydrogen-bond acceptors (Lipinski definition) is 1. The molecule has 1 aromatic carbocycles. The van der Waals surface area contributed by atoms with E-state index < -0.39 is 0 Å². The summed E-state index contributed by atoms with van der Waals surface area (Å²) in [5.74, 6) is 0. The highest BCUT2D eigenvalue weighted by Crippen LogP contribution is 2.33. The molecule has 0 N–H and O–H groups in total. The molecule has 0 heterocycles. The van der Waals surface area contributed by atoms with Crippen LogP contribution in [0.3, 0.4) is 0 Å². The van der Waals surface area contributed by atoms with Crippen LogP contribution in [0.5, 0.6) is 0 Å². The molecule has 60 valence electrons. The van der Waals surface area contributed by atoms with Crippen LogP contribution in [-0.2, 0) is 0 Å². The normalized spacial score (nSPS) is 9.82. The van der Waals surface area contributed by atoms with E-state index in [1.165, 1.54) is 0 Å². The maximum atomic E-state index is 5.75. The first-order valence-electron chi connectivity index (χ1n) is 2.68. The van der Waals surface area contributed by atoms with Crippen molar-refractivity contribution in [1.29, 1.82) is 0 Å². The topological polar surface area (TPSA) is 3.24 Å². The van der Waals surface area contributed by atoms with Crippen LogP contribution >= 0.6 is 46.8 Å². The van der Waals surface area contributed by atoms with Gasteiger partial charge in [0, 0.05) is 23.6 Å². The van der Waals surface area contributed by atoms with Crippen molar-refractivity contribution >= 4 is 52.4 Å². The van der Waals surface area contributed by atoms with Gasteiger partial charge in [0.05, 0.1) is 15.7 Å². The lowest BCUT2D eigenvalue weighted by molar-refractivity contribution is 1.58. The first-order chi connectivity index (χ1) is 5.13. The average molecular weight is 231 g/mol. The molecule has 1 nitrogen and oxygen atoms in total. The van der Waals surface area contributed by atoms with E-state index in [0.29, 0.717) is 15.7 Å². The van der Waals surface area contributed by atoms with Crippen LogP contribution in [-0.4, -0.2) is 0 Å². The molecule has 0 unspecified atom stereocenters. The Morgan fingerprint density at radius 2 is 1.73 bits per heavy atom. The van der Waals surface area contributed by atoms with E-state index in [4.69, 9.17) is 46.8 Å². The quantitative estimate of drug-likeness (QED) is 0.657. The Balaban J connectivity index is 3.17. The van der Waals surface area contributed by atoms with E-state index in [1.807, 2.05) is 0 Å². The first-order valence-corrected chi connectivity index (χ1v) is 4.12. The molecular formula is C6H3Cl4N. The Morgan fingerprint density at radius 1 is 1.09 bits per heavy atom. The second kappa shape index (κ2) is 3.72. The predicted octanol–water partition coefficient (Wildman–Crippen LogP) is 4.11. The van der Waals surface area contributed by atoms with Crippen LogP contribution in [0.1, 0.15) is 0 Å². The molecule has 5 heteroatoms. The third kappa shape index (κ3) is 2.06. The van der Waals surface area contributed by atoms with Gasteiger partial charge < -0.3 is 0 Å². The maximum Gasteiger partial charge on any atom is 0.0911 e. The predicted molar refractivity (Wildman–Crippen MR) is 50.6 cm³/mol. The summed E-state index contributed by atoms with van der Waals surface area (Å²) in [6.45, 7) is 0. The van der Waals surface area contributed by atoms with Gasteiger partial charge >= 0.3 is 0 Å². The Bertz CT molecular complexity index is 261. The molecule has 11 heavy (non-hydrogen) atoms. The second-order valence-electron chi connectivity index (χ2n) is 1.81. The van der Waals surface area contributed by atoms with Crippen LogP contribution in [0.4, 0.5) is 5.69 Å². The molecule has 1 aromatic rings. The zero-order valence-electron chi connectivity index (χ0n) is 5.19. The van der Waals surface area contributed by atoms with Gasteiger partial charge in [0.2, 0.25) is 0 Å². The number of benzene rings is 1. The molecule has 0 aliphatic carbocycles. The van der Waals surface area contributed by atoms with Crippen LogP contribution in [0.15, 0.2) is 18.2 Å². The number of halogens is 4. The highest BCUT2D eigenvalue weighted by molar-refractivity contribution is 6.52. The molecule has 0 aliphatic rings. The Labute approximate surface area is 84.6 Å². The van der Waals surface area contributed by atoms with E-state index in [1.54, 1.807) is 18.2 Å². The highest BCUT2D eigenvalue weighted by Gasteiger charge is 2.07. The largest absolute Gasteiger partial charge is 0.192 e. The van der Waals surface area contributed by atoms with Crippen molar-refractivity contribution in [2.75, 3.05) is 3.94 Å². The SMILES string of the molecule is Clc1cccc(N(Cl)Cl)c1Cl. The summed E-state index contributed by atoms with van der Waals surface area (Å²) in [6.07, 6.45) is 0. The van der Waals surface area contributed by atoms with Crippen molar-refractivity contribution in [3.63, 3.8) is 0 Å². The number of nitrogens with zero attached hydrogens (tertiary/aromatic N) is 1. The van der Waals surface area contributed by atoms with Crippen molar-refractivity contribution in [2.24, 2.45) is 0 Å². The minimum absolute atomic E-state index is 0.346. The zero-order chi connectivity index (χ0) is 8.43. The molecule has 0 aromatic heterocycles. The minimum atomic E-state index is 0.346. The smallest absolute Gasteiger partial charge is 0.0911 e. The van der Waals surface area contributed by atoms with Crippen LogP contribution < -0.4 is 3.94 Å². The van der Waals surface area contributed by atoms with Gasteiger partial charge in [0.15, 0.2) is 0 Å². The summed E-state index contributed by atoms with van der Waals surface area (Å²) < 4.78 is 0.869. The fourth-order valence-electron chi connectivity index (χ4n) is 0.623. The van der Waals surface area contributed by atoms with Crippen molar-refractivity contribution in [2.45, 2.75) is 0 Å². The summed E-state index contributed by atoms with van der Waals surface area (Å²) in [5, 5.41) is 0.773. The van der Waals surface area contributed by atoms with Crippen molar-refractivity contribution in [3.8, 4) is 0 Å². The van der Waals surface area contributed by atoms with Gasteiger partial charge in [-0.1, -0.05) is 29.3 Å². The lowest BCUT2D eigenvalue weighted by Gasteiger charge is -2.07. The molecule has 0 fully saturated rings. The van der Waals surface area contributed by atoms with Crippen molar-refractivity contribution in [3.05, 3.63) is 28.2 Å². The molecule has 0 saturated carbocycles. The maximum absolute atomic E-state index is 5.75. The number of hydrogen-bond donors (Lipinski definition) is 0. The minimum Gasteiger partial charge on any atom is -0.192 e. The van der Waals surface area contributed by atoms with Gasteiger partial charge in [-0.15, -0.1) is 0 Å². The lowest BCUT2D eigenvalue weighted by Crippen LogP contribution is -1.92. The highest BCUT2D eigenvalue weighted by atomic mass is 35.5. The van der Waals surface area contributed by atoms with E-state index in [9.17, 15) is 0 Å². The molecule has 0 atom stereocenters. The third-order valence-corrected chi connectivity index (χ3v) is 2.29. The van der Waals surface area contributed by atoms with Gasteiger partial charge in [-0.05, 0) is 12.1 Å². The first kappa shape index (κ1) is 9.27. The number of rotatable bonds is 1. The molecule has 0 spiro atoms. The fourth-order valence-corrected chi connectivity index (χ4v) is 1.37. The van der Waals surface area contributed by atoms with Gasteiger partial charge in [0.1, 0.15) is 0 Å². The fraction of sp³-hybridized carbons (Fsp3) is 0. The lowest BCUT2D eigenvalue weighted by atomic mass is 10.3. The third-order valence-electron chi connectivity index (χ3n) is 1.11. The van der Waals surface area contributed by atoms with E-state index >= 15 is 0 Å². The monoisotopic (exact) mass is 229 g/mol. The standard InChI is InChI=1S/C6H3Cl4N/c7-4-2-1-3-5(6(4)8)11(9)10/h1-3H. The molecule has 0 aliphatic heterocycles. The number of anilines is 1. The summed E-state index contributed by atoms with van der Waals surface area (Å²) in [7, 11) is 0. The van der Waals surface area contributed by atoms with Gasteiger partial charge in [-0.25, -0.2) is 0 Å². The van der Waals surface area contributed by atoms with Gasteiger partial charge in [0.25, 0.3) is 0 Å². The summed E-state index contributed by atoms with van der Waals surface area (Å²) in [6, 6.07) is 5.03. The summed E-state index contributed by atoms with van der Waals surface area (Å²) in [5.41, 5.74) is 0.475. The Kier molecular flexibility index (Phi) is 3.14. The zero-order valence-corrected chi connectivity index (χ0v) is 8.21. The molecule has 0 bridgehead atoms. The van der Waals surface area contributed by atoms with Gasteiger partial charge in [-0.2, -0.15) is 3.94 Å². The van der Waals surface area contributed by atoms with Crippen LogP contribution in [0.25, 0.3) is 0 Å². The van der Waals surface area contributed by atoms with Gasteiger partial charge in [-0.3, -0.25) is 0 Å².